The van der Waals surface area contributed by atoms with Gasteiger partial charge in [0.05, 0.1) is 0 Å². The highest BCUT2D eigenvalue weighted by molar-refractivity contribution is 5.18. The largest absolute Gasteiger partial charge is 0.311 e. The minimum atomic E-state index is 0.649. The van der Waals surface area contributed by atoms with Crippen LogP contribution in [-0.4, -0.2) is 24.7 Å². The summed E-state index contributed by atoms with van der Waals surface area (Å²) in [5.41, 5.74) is 1.44. The van der Waals surface area contributed by atoms with Crippen molar-refractivity contribution in [3.05, 3.63) is 35.9 Å². The maximum absolute atomic E-state index is 3.68. The number of hydrogen-bond donors (Lipinski definition) is 2. The van der Waals surface area contributed by atoms with Gasteiger partial charge in [-0.15, -0.1) is 0 Å². The van der Waals surface area contributed by atoms with Crippen LogP contribution in [0, 0.1) is 0 Å². The fraction of sp³-hybridized carbons (Fsp3) is 0.500. The molecule has 0 amide bonds. The van der Waals surface area contributed by atoms with Crippen LogP contribution in [-0.2, 0) is 6.42 Å². The number of piperazine rings is 1. The Kier molecular flexibility index (Phi) is 2.03. The second-order valence-electron chi connectivity index (χ2n) is 4.41. The maximum atomic E-state index is 3.68. The Bertz CT molecular complexity index is 309. The summed E-state index contributed by atoms with van der Waals surface area (Å²) in [5, 5.41) is 7.24. The van der Waals surface area contributed by atoms with Crippen molar-refractivity contribution in [1.82, 2.24) is 10.6 Å². The molecular formula is C12H16N2. The van der Waals surface area contributed by atoms with Gasteiger partial charge in [0, 0.05) is 24.7 Å². The van der Waals surface area contributed by atoms with Crippen LogP contribution >= 0.6 is 0 Å². The van der Waals surface area contributed by atoms with E-state index in [0.717, 1.165) is 19.0 Å². The number of fused-ring (bicyclic) bond motifs is 2. The number of nitrogens with one attached hydrogen (secondary N) is 2. The third-order valence-corrected chi connectivity index (χ3v) is 3.40. The summed E-state index contributed by atoms with van der Waals surface area (Å²) < 4.78 is 0. The van der Waals surface area contributed by atoms with Gasteiger partial charge in [0.1, 0.15) is 0 Å². The van der Waals surface area contributed by atoms with E-state index >= 15 is 0 Å². The normalized spacial score (nSPS) is 35.0. The minimum Gasteiger partial charge on any atom is -0.311 e. The summed E-state index contributed by atoms with van der Waals surface area (Å²) >= 11 is 0. The van der Waals surface area contributed by atoms with Crippen LogP contribution in [0.1, 0.15) is 12.0 Å². The molecule has 3 rings (SSSR count). The smallest absolute Gasteiger partial charge is 0.0265 e. The lowest BCUT2D eigenvalue weighted by Crippen LogP contribution is -2.49. The van der Waals surface area contributed by atoms with E-state index in [0.29, 0.717) is 12.1 Å². The van der Waals surface area contributed by atoms with Crippen LogP contribution in [0.5, 0.6) is 0 Å². The van der Waals surface area contributed by atoms with Gasteiger partial charge in [-0.3, -0.25) is 0 Å². The zero-order valence-electron chi connectivity index (χ0n) is 8.24. The van der Waals surface area contributed by atoms with Gasteiger partial charge in [-0.1, -0.05) is 30.3 Å². The zero-order valence-corrected chi connectivity index (χ0v) is 8.24. The van der Waals surface area contributed by atoms with Crippen LogP contribution in [0.2, 0.25) is 0 Å². The van der Waals surface area contributed by atoms with Crippen molar-refractivity contribution in [2.45, 2.75) is 31.0 Å². The van der Waals surface area contributed by atoms with Crippen molar-refractivity contribution >= 4 is 0 Å². The first kappa shape index (κ1) is 8.45. The summed E-state index contributed by atoms with van der Waals surface area (Å²) in [7, 11) is 0. The Morgan fingerprint density at radius 1 is 1.21 bits per heavy atom. The Balaban J connectivity index is 1.69. The lowest BCUT2D eigenvalue weighted by molar-refractivity contribution is 0.409. The molecule has 2 aliphatic heterocycles. The minimum absolute atomic E-state index is 0.649. The molecule has 1 aromatic rings. The summed E-state index contributed by atoms with van der Waals surface area (Å²) in [5.74, 6) is 0. The maximum Gasteiger partial charge on any atom is 0.0265 e. The van der Waals surface area contributed by atoms with Crippen LogP contribution < -0.4 is 10.6 Å². The predicted molar refractivity (Wildman–Crippen MR) is 57.3 cm³/mol. The molecule has 2 saturated heterocycles. The van der Waals surface area contributed by atoms with Gasteiger partial charge < -0.3 is 10.6 Å². The molecule has 0 spiro atoms. The summed E-state index contributed by atoms with van der Waals surface area (Å²) in [6.45, 7) is 1.16. The summed E-state index contributed by atoms with van der Waals surface area (Å²) in [6, 6.07) is 12.8. The van der Waals surface area contributed by atoms with E-state index in [1.165, 1.54) is 12.0 Å². The summed E-state index contributed by atoms with van der Waals surface area (Å²) in [4.78, 5) is 0. The van der Waals surface area contributed by atoms with E-state index in [2.05, 4.69) is 41.0 Å². The Labute approximate surface area is 84.7 Å². The van der Waals surface area contributed by atoms with Gasteiger partial charge in [-0.25, -0.2) is 0 Å². The molecule has 2 N–H and O–H groups in total. The second kappa shape index (κ2) is 3.37. The molecule has 2 heterocycles. The van der Waals surface area contributed by atoms with Gasteiger partial charge in [0.15, 0.2) is 0 Å². The third-order valence-electron chi connectivity index (χ3n) is 3.40. The van der Waals surface area contributed by atoms with Crippen molar-refractivity contribution in [2.24, 2.45) is 0 Å². The Hall–Kier alpha value is -0.860. The standard InChI is InChI=1S/C12H16N2/c1-2-4-9(5-3-1)6-12-11-7-10(14-12)8-13-11/h1-5,10-14H,6-8H2. The van der Waals surface area contributed by atoms with Crippen LogP contribution in [0.4, 0.5) is 0 Å². The lowest BCUT2D eigenvalue weighted by Gasteiger charge is -2.24. The van der Waals surface area contributed by atoms with Crippen molar-refractivity contribution in [2.75, 3.05) is 6.54 Å². The molecule has 1 aromatic carbocycles. The fourth-order valence-electron chi connectivity index (χ4n) is 2.69. The SMILES string of the molecule is c1ccc(CC2NC3CNC2C3)cc1. The molecule has 0 aromatic heterocycles. The highest BCUT2D eigenvalue weighted by Gasteiger charge is 2.38. The van der Waals surface area contributed by atoms with E-state index in [1.807, 2.05) is 0 Å². The average Bonchev–Trinajstić information content (AvgIpc) is 2.81. The van der Waals surface area contributed by atoms with Gasteiger partial charge in [-0.2, -0.15) is 0 Å². The van der Waals surface area contributed by atoms with Crippen molar-refractivity contribution in [3.63, 3.8) is 0 Å². The van der Waals surface area contributed by atoms with E-state index in [1.54, 1.807) is 0 Å². The second-order valence-corrected chi connectivity index (χ2v) is 4.41. The van der Waals surface area contributed by atoms with E-state index < -0.39 is 0 Å². The molecule has 14 heavy (non-hydrogen) atoms. The van der Waals surface area contributed by atoms with Crippen molar-refractivity contribution in [1.29, 1.82) is 0 Å². The van der Waals surface area contributed by atoms with E-state index in [9.17, 15) is 0 Å². The lowest BCUT2D eigenvalue weighted by atomic mass is 10.0. The average molecular weight is 188 g/mol. The first-order valence-electron chi connectivity index (χ1n) is 5.45. The number of rotatable bonds is 2. The highest BCUT2D eigenvalue weighted by atomic mass is 15.2. The van der Waals surface area contributed by atoms with Crippen molar-refractivity contribution < 1.29 is 0 Å². The molecule has 2 nitrogen and oxygen atoms in total. The zero-order chi connectivity index (χ0) is 9.38. The molecule has 0 aliphatic carbocycles. The molecule has 3 unspecified atom stereocenters. The molecule has 74 valence electrons. The topological polar surface area (TPSA) is 24.1 Å². The molecule has 2 aliphatic rings. The molecule has 3 atom stereocenters. The van der Waals surface area contributed by atoms with Crippen LogP contribution in [0.25, 0.3) is 0 Å². The Morgan fingerprint density at radius 3 is 2.71 bits per heavy atom. The molecular weight excluding hydrogens is 172 g/mol. The first-order chi connectivity index (χ1) is 6.92. The van der Waals surface area contributed by atoms with E-state index in [4.69, 9.17) is 0 Å². The molecule has 2 fully saturated rings. The first-order valence-corrected chi connectivity index (χ1v) is 5.45. The van der Waals surface area contributed by atoms with Gasteiger partial charge in [-0.05, 0) is 18.4 Å². The van der Waals surface area contributed by atoms with Crippen molar-refractivity contribution in [3.8, 4) is 0 Å². The summed E-state index contributed by atoms with van der Waals surface area (Å²) in [6.07, 6.45) is 2.48. The highest BCUT2D eigenvalue weighted by Crippen LogP contribution is 2.21. The number of benzene rings is 1. The van der Waals surface area contributed by atoms with Crippen LogP contribution in [0.15, 0.2) is 30.3 Å². The fourth-order valence-corrected chi connectivity index (χ4v) is 2.69. The third kappa shape index (κ3) is 1.45. The molecule has 2 bridgehead atoms. The van der Waals surface area contributed by atoms with Gasteiger partial charge >= 0.3 is 0 Å². The molecule has 2 heteroatoms. The predicted octanol–water partition coefficient (Wildman–Crippen LogP) is 0.931. The van der Waals surface area contributed by atoms with E-state index in [-0.39, 0.29) is 0 Å². The molecule has 0 radical (unpaired) electrons. The molecule has 0 saturated carbocycles. The van der Waals surface area contributed by atoms with Crippen LogP contribution in [0.3, 0.4) is 0 Å². The monoisotopic (exact) mass is 188 g/mol. The Morgan fingerprint density at radius 2 is 2.07 bits per heavy atom. The number of hydrogen-bond acceptors (Lipinski definition) is 2. The van der Waals surface area contributed by atoms with Gasteiger partial charge in [0.2, 0.25) is 0 Å². The quantitative estimate of drug-likeness (QED) is 0.721. The van der Waals surface area contributed by atoms with Gasteiger partial charge in [0.25, 0.3) is 0 Å².